The van der Waals surface area contributed by atoms with Crippen molar-refractivity contribution in [1.29, 1.82) is 0 Å². The lowest BCUT2D eigenvalue weighted by molar-refractivity contribution is -0.130. The topological polar surface area (TPSA) is 32.3 Å². The van der Waals surface area contributed by atoms with Crippen LogP contribution in [-0.2, 0) is 4.79 Å². The molecule has 0 aliphatic rings. The molecule has 0 bridgehead atoms. The lowest BCUT2D eigenvalue weighted by Crippen LogP contribution is -2.35. The quantitative estimate of drug-likeness (QED) is 0.674. The standard InChI is InChI=1S/C14H30N2O/c1-6-16(7-2)14(17)10-11-15-13(5)9-8-12(3)4/h12-13,15H,6-11H2,1-5H3. The van der Waals surface area contributed by atoms with Crippen LogP contribution in [0.15, 0.2) is 0 Å². The van der Waals surface area contributed by atoms with Gasteiger partial charge in [0.05, 0.1) is 0 Å². The number of rotatable bonds is 9. The molecule has 0 saturated carbocycles. The number of hydrogen-bond donors (Lipinski definition) is 1. The Bertz CT molecular complexity index is 200. The largest absolute Gasteiger partial charge is 0.343 e. The van der Waals surface area contributed by atoms with Gasteiger partial charge in [-0.15, -0.1) is 0 Å². The maximum Gasteiger partial charge on any atom is 0.223 e. The summed E-state index contributed by atoms with van der Waals surface area (Å²) in [5.41, 5.74) is 0. The van der Waals surface area contributed by atoms with Gasteiger partial charge >= 0.3 is 0 Å². The van der Waals surface area contributed by atoms with Crippen LogP contribution in [0, 0.1) is 5.92 Å². The smallest absolute Gasteiger partial charge is 0.223 e. The van der Waals surface area contributed by atoms with E-state index in [0.29, 0.717) is 12.5 Å². The molecule has 102 valence electrons. The van der Waals surface area contributed by atoms with E-state index in [0.717, 1.165) is 25.6 Å². The Labute approximate surface area is 107 Å². The zero-order chi connectivity index (χ0) is 13.3. The summed E-state index contributed by atoms with van der Waals surface area (Å²) in [6.45, 7) is 13.2. The van der Waals surface area contributed by atoms with Gasteiger partial charge in [-0.25, -0.2) is 0 Å². The Morgan fingerprint density at radius 2 is 1.71 bits per heavy atom. The summed E-state index contributed by atoms with van der Waals surface area (Å²) in [7, 11) is 0. The van der Waals surface area contributed by atoms with Crippen LogP contribution in [0.3, 0.4) is 0 Å². The van der Waals surface area contributed by atoms with Crippen molar-refractivity contribution < 1.29 is 4.79 Å². The molecule has 17 heavy (non-hydrogen) atoms. The predicted octanol–water partition coefficient (Wildman–Crippen LogP) is 2.66. The first-order chi connectivity index (χ1) is 8.01. The first-order valence-electron chi connectivity index (χ1n) is 7.02. The lowest BCUT2D eigenvalue weighted by Gasteiger charge is -2.20. The van der Waals surface area contributed by atoms with Gasteiger partial charge in [0, 0.05) is 32.1 Å². The molecular formula is C14H30N2O. The molecule has 1 unspecified atom stereocenters. The minimum absolute atomic E-state index is 0.263. The first-order valence-corrected chi connectivity index (χ1v) is 7.02. The monoisotopic (exact) mass is 242 g/mol. The molecule has 0 aliphatic heterocycles. The van der Waals surface area contributed by atoms with Crippen molar-refractivity contribution >= 4 is 5.91 Å². The van der Waals surface area contributed by atoms with E-state index in [1.807, 2.05) is 18.7 Å². The van der Waals surface area contributed by atoms with Crippen molar-refractivity contribution in [3.8, 4) is 0 Å². The zero-order valence-corrected chi connectivity index (χ0v) is 12.3. The van der Waals surface area contributed by atoms with Gasteiger partial charge in [0.1, 0.15) is 0 Å². The van der Waals surface area contributed by atoms with Crippen molar-refractivity contribution in [2.45, 2.75) is 59.9 Å². The van der Waals surface area contributed by atoms with E-state index < -0.39 is 0 Å². The summed E-state index contributed by atoms with van der Waals surface area (Å²) in [4.78, 5) is 13.6. The van der Waals surface area contributed by atoms with Crippen molar-refractivity contribution in [3.05, 3.63) is 0 Å². The Balaban J connectivity index is 3.65. The van der Waals surface area contributed by atoms with E-state index in [1.165, 1.54) is 12.8 Å². The second-order valence-corrected chi connectivity index (χ2v) is 5.14. The summed E-state index contributed by atoms with van der Waals surface area (Å²) in [6, 6.07) is 0.516. The predicted molar refractivity (Wildman–Crippen MR) is 74.1 cm³/mol. The Morgan fingerprint density at radius 3 is 2.18 bits per heavy atom. The molecule has 1 atom stereocenters. The molecule has 3 nitrogen and oxygen atoms in total. The summed E-state index contributed by atoms with van der Waals surface area (Å²) in [5.74, 6) is 1.02. The Morgan fingerprint density at radius 1 is 1.12 bits per heavy atom. The molecule has 0 radical (unpaired) electrons. The van der Waals surface area contributed by atoms with Gasteiger partial charge in [-0.2, -0.15) is 0 Å². The van der Waals surface area contributed by atoms with Gasteiger partial charge in [0.15, 0.2) is 0 Å². The van der Waals surface area contributed by atoms with E-state index in [9.17, 15) is 4.79 Å². The van der Waals surface area contributed by atoms with Crippen molar-refractivity contribution in [2.24, 2.45) is 5.92 Å². The summed E-state index contributed by atoms with van der Waals surface area (Å²) in [5, 5.41) is 3.42. The minimum atomic E-state index is 0.263. The van der Waals surface area contributed by atoms with E-state index in [2.05, 4.69) is 26.1 Å². The van der Waals surface area contributed by atoms with Gasteiger partial charge in [0.25, 0.3) is 0 Å². The average molecular weight is 242 g/mol. The van der Waals surface area contributed by atoms with Gasteiger partial charge < -0.3 is 10.2 Å². The molecule has 0 heterocycles. The molecule has 1 N–H and O–H groups in total. The summed E-state index contributed by atoms with van der Waals surface area (Å²) < 4.78 is 0. The van der Waals surface area contributed by atoms with Crippen LogP contribution >= 0.6 is 0 Å². The van der Waals surface area contributed by atoms with Crippen molar-refractivity contribution in [1.82, 2.24) is 10.2 Å². The fraction of sp³-hybridized carbons (Fsp3) is 0.929. The highest BCUT2D eigenvalue weighted by Crippen LogP contribution is 2.06. The number of nitrogens with zero attached hydrogens (tertiary/aromatic N) is 1. The molecule has 0 aromatic heterocycles. The zero-order valence-electron chi connectivity index (χ0n) is 12.3. The SMILES string of the molecule is CCN(CC)C(=O)CCNC(C)CCC(C)C. The van der Waals surface area contributed by atoms with E-state index in [-0.39, 0.29) is 5.91 Å². The van der Waals surface area contributed by atoms with Gasteiger partial charge in [-0.3, -0.25) is 4.79 Å². The molecule has 0 aliphatic carbocycles. The summed E-state index contributed by atoms with van der Waals surface area (Å²) in [6.07, 6.45) is 3.06. The van der Waals surface area contributed by atoms with E-state index >= 15 is 0 Å². The molecule has 0 saturated heterocycles. The molecule has 0 aromatic rings. The second-order valence-electron chi connectivity index (χ2n) is 5.14. The maximum atomic E-state index is 11.7. The second kappa shape index (κ2) is 9.46. The highest BCUT2D eigenvalue weighted by Gasteiger charge is 2.09. The van der Waals surface area contributed by atoms with Crippen LogP contribution < -0.4 is 5.32 Å². The summed E-state index contributed by atoms with van der Waals surface area (Å²) >= 11 is 0. The van der Waals surface area contributed by atoms with E-state index in [4.69, 9.17) is 0 Å². The highest BCUT2D eigenvalue weighted by molar-refractivity contribution is 5.76. The molecule has 3 heteroatoms. The number of carbonyl (C=O) groups is 1. The number of hydrogen-bond acceptors (Lipinski definition) is 2. The molecular weight excluding hydrogens is 212 g/mol. The Kier molecular flexibility index (Phi) is 9.14. The molecule has 0 aromatic carbocycles. The van der Waals surface area contributed by atoms with Crippen LogP contribution in [0.25, 0.3) is 0 Å². The minimum Gasteiger partial charge on any atom is -0.343 e. The third-order valence-corrected chi connectivity index (χ3v) is 3.12. The van der Waals surface area contributed by atoms with Gasteiger partial charge in [0.2, 0.25) is 5.91 Å². The normalized spacial score (nSPS) is 12.8. The first kappa shape index (κ1) is 16.4. The van der Waals surface area contributed by atoms with Gasteiger partial charge in [-0.1, -0.05) is 13.8 Å². The van der Waals surface area contributed by atoms with Crippen LogP contribution in [-0.4, -0.2) is 36.5 Å². The van der Waals surface area contributed by atoms with Crippen LogP contribution in [0.1, 0.15) is 53.9 Å². The Hall–Kier alpha value is -0.570. The third-order valence-electron chi connectivity index (χ3n) is 3.12. The molecule has 0 fully saturated rings. The molecule has 0 rings (SSSR count). The lowest BCUT2D eigenvalue weighted by atomic mass is 10.0. The van der Waals surface area contributed by atoms with Crippen LogP contribution in [0.5, 0.6) is 0 Å². The molecule has 0 spiro atoms. The van der Waals surface area contributed by atoms with Crippen molar-refractivity contribution in [3.63, 3.8) is 0 Å². The number of amides is 1. The highest BCUT2D eigenvalue weighted by atomic mass is 16.2. The molecule has 1 amide bonds. The third kappa shape index (κ3) is 8.19. The van der Waals surface area contributed by atoms with Crippen molar-refractivity contribution in [2.75, 3.05) is 19.6 Å². The maximum absolute atomic E-state index is 11.7. The van der Waals surface area contributed by atoms with Gasteiger partial charge in [-0.05, 0) is 39.5 Å². The fourth-order valence-electron chi connectivity index (χ4n) is 1.85. The van der Waals surface area contributed by atoms with Crippen LogP contribution in [0.2, 0.25) is 0 Å². The van der Waals surface area contributed by atoms with Crippen LogP contribution in [0.4, 0.5) is 0 Å². The number of nitrogens with one attached hydrogen (secondary N) is 1. The van der Waals surface area contributed by atoms with E-state index in [1.54, 1.807) is 0 Å². The number of carbonyl (C=O) groups excluding carboxylic acids is 1. The average Bonchev–Trinajstić information content (AvgIpc) is 2.28. The fourth-order valence-corrected chi connectivity index (χ4v) is 1.85.